The van der Waals surface area contributed by atoms with Crippen LogP contribution in [0.3, 0.4) is 0 Å². The molecule has 1 amide bonds. The number of carbonyl (C=O) groups excluding carboxylic acids is 1. The maximum Gasteiger partial charge on any atom is 0.236 e. The van der Waals surface area contributed by atoms with E-state index in [1.165, 1.54) is 12.8 Å². The molecule has 0 spiro atoms. The van der Waals surface area contributed by atoms with Crippen LogP contribution in [0.4, 0.5) is 0 Å². The molecule has 104 valence electrons. The van der Waals surface area contributed by atoms with Gasteiger partial charge in [-0.25, -0.2) is 0 Å². The summed E-state index contributed by atoms with van der Waals surface area (Å²) in [5.74, 6) is 1.20. The fraction of sp³-hybridized carbons (Fsp3) is 0.929. The van der Waals surface area contributed by atoms with Crippen molar-refractivity contribution in [1.29, 1.82) is 0 Å². The van der Waals surface area contributed by atoms with E-state index < -0.39 is 0 Å². The summed E-state index contributed by atoms with van der Waals surface area (Å²) < 4.78 is 0. The van der Waals surface area contributed by atoms with Crippen LogP contribution in [-0.2, 0) is 4.79 Å². The Labute approximate surface area is 111 Å². The quantitative estimate of drug-likeness (QED) is 0.765. The molecular formula is C14H27N3O. The molecule has 0 radical (unpaired) electrons. The third kappa shape index (κ3) is 4.58. The molecule has 1 N–H and O–H groups in total. The normalized spacial score (nSPS) is 21.1. The molecule has 18 heavy (non-hydrogen) atoms. The Hall–Kier alpha value is -0.610. The maximum absolute atomic E-state index is 12.3. The number of carbonyl (C=O) groups is 1. The van der Waals surface area contributed by atoms with Gasteiger partial charge in [0.25, 0.3) is 0 Å². The van der Waals surface area contributed by atoms with Crippen molar-refractivity contribution in [2.45, 2.75) is 32.6 Å². The third-order valence-electron chi connectivity index (χ3n) is 3.80. The largest absolute Gasteiger partial charge is 0.340 e. The lowest BCUT2D eigenvalue weighted by atomic mass is 10.3. The van der Waals surface area contributed by atoms with Gasteiger partial charge in [0.2, 0.25) is 5.91 Å². The summed E-state index contributed by atoms with van der Waals surface area (Å²) in [6.45, 7) is 8.81. The predicted molar refractivity (Wildman–Crippen MR) is 73.5 cm³/mol. The minimum Gasteiger partial charge on any atom is -0.340 e. The van der Waals surface area contributed by atoms with Gasteiger partial charge in [-0.1, -0.05) is 6.92 Å². The molecule has 0 aromatic carbocycles. The summed E-state index contributed by atoms with van der Waals surface area (Å²) in [7, 11) is 0. The van der Waals surface area contributed by atoms with E-state index in [4.69, 9.17) is 0 Å². The number of rotatable bonds is 6. The summed E-state index contributed by atoms with van der Waals surface area (Å²) in [6, 6.07) is 0. The fourth-order valence-corrected chi connectivity index (χ4v) is 2.60. The SMILES string of the molecule is CCCN(CC(=O)N1CCCNCC1)CC1CC1. The van der Waals surface area contributed by atoms with Crippen LogP contribution in [0.15, 0.2) is 0 Å². The zero-order chi connectivity index (χ0) is 12.8. The molecular weight excluding hydrogens is 226 g/mol. The van der Waals surface area contributed by atoms with Crippen LogP contribution in [0.1, 0.15) is 32.6 Å². The van der Waals surface area contributed by atoms with Gasteiger partial charge in [0.05, 0.1) is 6.54 Å². The van der Waals surface area contributed by atoms with E-state index in [1.807, 2.05) is 4.90 Å². The van der Waals surface area contributed by atoms with Gasteiger partial charge in [-0.05, 0) is 44.7 Å². The molecule has 1 saturated heterocycles. The van der Waals surface area contributed by atoms with Gasteiger partial charge < -0.3 is 10.2 Å². The van der Waals surface area contributed by atoms with Crippen molar-refractivity contribution >= 4 is 5.91 Å². The van der Waals surface area contributed by atoms with Gasteiger partial charge in [0.15, 0.2) is 0 Å². The Balaban J connectivity index is 1.78. The van der Waals surface area contributed by atoms with Gasteiger partial charge in [-0.15, -0.1) is 0 Å². The van der Waals surface area contributed by atoms with E-state index in [2.05, 4.69) is 17.1 Å². The topological polar surface area (TPSA) is 35.6 Å². The van der Waals surface area contributed by atoms with Crippen molar-refractivity contribution in [1.82, 2.24) is 15.1 Å². The molecule has 4 heteroatoms. The first-order valence-electron chi connectivity index (χ1n) is 7.50. The van der Waals surface area contributed by atoms with Gasteiger partial charge in [0.1, 0.15) is 0 Å². The van der Waals surface area contributed by atoms with E-state index in [0.717, 1.165) is 58.0 Å². The maximum atomic E-state index is 12.3. The van der Waals surface area contributed by atoms with Crippen molar-refractivity contribution in [3.05, 3.63) is 0 Å². The Bertz CT molecular complexity index is 258. The molecule has 4 nitrogen and oxygen atoms in total. The highest BCUT2D eigenvalue weighted by Gasteiger charge is 2.26. The molecule has 1 saturated carbocycles. The van der Waals surface area contributed by atoms with Crippen LogP contribution >= 0.6 is 0 Å². The first kappa shape index (κ1) is 13.8. The Kier molecular flexibility index (Phi) is 5.45. The predicted octanol–water partition coefficient (Wildman–Crippen LogP) is 0.930. The Morgan fingerprint density at radius 3 is 2.89 bits per heavy atom. The number of nitrogens with one attached hydrogen (secondary N) is 1. The first-order valence-corrected chi connectivity index (χ1v) is 7.50. The van der Waals surface area contributed by atoms with Crippen LogP contribution in [0.2, 0.25) is 0 Å². The van der Waals surface area contributed by atoms with E-state index in [9.17, 15) is 4.79 Å². The smallest absolute Gasteiger partial charge is 0.236 e. The summed E-state index contributed by atoms with van der Waals surface area (Å²) in [6.07, 6.45) is 4.95. The monoisotopic (exact) mass is 253 g/mol. The van der Waals surface area contributed by atoms with Crippen molar-refractivity contribution in [2.24, 2.45) is 5.92 Å². The highest BCUT2D eigenvalue weighted by atomic mass is 16.2. The van der Waals surface area contributed by atoms with Crippen molar-refractivity contribution in [3.8, 4) is 0 Å². The molecule has 2 fully saturated rings. The van der Waals surface area contributed by atoms with Crippen LogP contribution in [0, 0.1) is 5.92 Å². The first-order chi connectivity index (χ1) is 8.79. The zero-order valence-corrected chi connectivity index (χ0v) is 11.7. The second kappa shape index (κ2) is 7.10. The zero-order valence-electron chi connectivity index (χ0n) is 11.7. The Morgan fingerprint density at radius 1 is 1.33 bits per heavy atom. The van der Waals surface area contributed by atoms with Crippen LogP contribution < -0.4 is 5.32 Å². The number of hydrogen-bond acceptors (Lipinski definition) is 3. The summed E-state index contributed by atoms with van der Waals surface area (Å²) in [5.41, 5.74) is 0. The number of hydrogen-bond donors (Lipinski definition) is 1. The summed E-state index contributed by atoms with van der Waals surface area (Å²) in [5, 5.41) is 3.35. The van der Waals surface area contributed by atoms with Gasteiger partial charge >= 0.3 is 0 Å². The number of nitrogens with zero attached hydrogens (tertiary/aromatic N) is 2. The molecule has 2 rings (SSSR count). The fourth-order valence-electron chi connectivity index (χ4n) is 2.60. The lowest BCUT2D eigenvalue weighted by Crippen LogP contribution is -2.42. The minimum atomic E-state index is 0.327. The second-order valence-electron chi connectivity index (χ2n) is 5.66. The molecule has 0 aromatic heterocycles. The molecule has 0 bridgehead atoms. The van der Waals surface area contributed by atoms with E-state index in [0.29, 0.717) is 12.5 Å². The van der Waals surface area contributed by atoms with Gasteiger partial charge in [-0.2, -0.15) is 0 Å². The second-order valence-corrected chi connectivity index (χ2v) is 5.66. The minimum absolute atomic E-state index is 0.327. The van der Waals surface area contributed by atoms with Gasteiger partial charge in [0, 0.05) is 26.2 Å². The number of amides is 1. The summed E-state index contributed by atoms with van der Waals surface area (Å²) in [4.78, 5) is 16.7. The highest BCUT2D eigenvalue weighted by Crippen LogP contribution is 2.29. The van der Waals surface area contributed by atoms with E-state index in [-0.39, 0.29) is 0 Å². The third-order valence-corrected chi connectivity index (χ3v) is 3.80. The molecule has 0 aromatic rings. The molecule has 0 atom stereocenters. The summed E-state index contributed by atoms with van der Waals surface area (Å²) >= 11 is 0. The van der Waals surface area contributed by atoms with E-state index >= 15 is 0 Å². The molecule has 0 unspecified atom stereocenters. The molecule has 1 aliphatic heterocycles. The van der Waals surface area contributed by atoms with E-state index in [1.54, 1.807) is 0 Å². The highest BCUT2D eigenvalue weighted by molar-refractivity contribution is 5.78. The van der Waals surface area contributed by atoms with Crippen molar-refractivity contribution in [2.75, 3.05) is 45.8 Å². The average molecular weight is 253 g/mol. The van der Waals surface area contributed by atoms with Crippen LogP contribution in [0.25, 0.3) is 0 Å². The molecule has 1 aliphatic carbocycles. The van der Waals surface area contributed by atoms with Gasteiger partial charge in [-0.3, -0.25) is 9.69 Å². The van der Waals surface area contributed by atoms with Crippen LogP contribution in [-0.4, -0.2) is 61.5 Å². The molecule has 2 aliphatic rings. The lowest BCUT2D eigenvalue weighted by molar-refractivity contribution is -0.132. The van der Waals surface area contributed by atoms with Crippen LogP contribution in [0.5, 0.6) is 0 Å². The molecule has 1 heterocycles. The van der Waals surface area contributed by atoms with Crippen molar-refractivity contribution < 1.29 is 4.79 Å². The Morgan fingerprint density at radius 2 is 2.17 bits per heavy atom. The van der Waals surface area contributed by atoms with Crippen molar-refractivity contribution in [3.63, 3.8) is 0 Å². The lowest BCUT2D eigenvalue weighted by Gasteiger charge is -2.26. The standard InChI is InChI=1S/C14H27N3O/c1-2-8-16(11-13-4-5-13)12-14(18)17-9-3-6-15-7-10-17/h13,15H,2-12H2,1H3. The average Bonchev–Trinajstić information content (AvgIpc) is 3.14.